The molecule has 0 atom stereocenters. The first-order chi connectivity index (χ1) is 10.2. The van der Waals surface area contributed by atoms with Crippen LogP contribution >= 0.6 is 0 Å². The average molecular weight is 286 g/mol. The first kappa shape index (κ1) is 14.9. The van der Waals surface area contributed by atoms with E-state index in [-0.39, 0.29) is 12.4 Å². The van der Waals surface area contributed by atoms with E-state index in [1.807, 2.05) is 48.5 Å². The SMILES string of the molecule is COC(=O)Cc1ccccc1COc1ccc(OC)cc1. The fourth-order valence-electron chi connectivity index (χ4n) is 1.93. The van der Waals surface area contributed by atoms with Gasteiger partial charge in [0.25, 0.3) is 0 Å². The molecule has 0 fully saturated rings. The van der Waals surface area contributed by atoms with E-state index in [0.29, 0.717) is 6.61 Å². The minimum absolute atomic E-state index is 0.249. The molecule has 0 bridgehead atoms. The minimum Gasteiger partial charge on any atom is -0.497 e. The van der Waals surface area contributed by atoms with Crippen molar-refractivity contribution in [2.24, 2.45) is 0 Å². The third-order valence-electron chi connectivity index (χ3n) is 3.13. The highest BCUT2D eigenvalue weighted by atomic mass is 16.5. The van der Waals surface area contributed by atoms with E-state index in [9.17, 15) is 4.79 Å². The normalized spacial score (nSPS) is 10.0. The summed E-state index contributed by atoms with van der Waals surface area (Å²) >= 11 is 0. The van der Waals surface area contributed by atoms with Gasteiger partial charge in [0.2, 0.25) is 0 Å². The molecule has 0 heterocycles. The molecule has 0 N–H and O–H groups in total. The van der Waals surface area contributed by atoms with Crippen LogP contribution in [0, 0.1) is 0 Å². The van der Waals surface area contributed by atoms with E-state index in [1.54, 1.807) is 7.11 Å². The van der Waals surface area contributed by atoms with Gasteiger partial charge in [-0.25, -0.2) is 0 Å². The summed E-state index contributed by atoms with van der Waals surface area (Å²) < 4.78 is 15.5. The highest BCUT2D eigenvalue weighted by molar-refractivity contribution is 5.72. The summed E-state index contributed by atoms with van der Waals surface area (Å²) in [5.41, 5.74) is 1.89. The maximum atomic E-state index is 11.4. The third kappa shape index (κ3) is 4.24. The van der Waals surface area contributed by atoms with Gasteiger partial charge in [0.05, 0.1) is 20.6 Å². The van der Waals surface area contributed by atoms with Crippen molar-refractivity contribution in [2.45, 2.75) is 13.0 Å². The number of hydrogen-bond acceptors (Lipinski definition) is 4. The van der Waals surface area contributed by atoms with Crippen LogP contribution in [0.25, 0.3) is 0 Å². The van der Waals surface area contributed by atoms with Gasteiger partial charge in [-0.3, -0.25) is 4.79 Å². The van der Waals surface area contributed by atoms with Crippen LogP contribution in [0.15, 0.2) is 48.5 Å². The number of methoxy groups -OCH3 is 2. The summed E-state index contributed by atoms with van der Waals surface area (Å²) in [5, 5.41) is 0. The van der Waals surface area contributed by atoms with Crippen molar-refractivity contribution in [2.75, 3.05) is 14.2 Å². The molecule has 0 aromatic heterocycles. The van der Waals surface area contributed by atoms with Crippen LogP contribution in [0.3, 0.4) is 0 Å². The first-order valence-corrected chi connectivity index (χ1v) is 6.63. The zero-order valence-electron chi connectivity index (χ0n) is 12.2. The molecular weight excluding hydrogens is 268 g/mol. The van der Waals surface area contributed by atoms with E-state index in [2.05, 4.69) is 0 Å². The number of benzene rings is 2. The number of esters is 1. The van der Waals surface area contributed by atoms with Crippen LogP contribution < -0.4 is 9.47 Å². The van der Waals surface area contributed by atoms with Crippen LogP contribution in [0.5, 0.6) is 11.5 Å². The molecule has 0 amide bonds. The number of carbonyl (C=O) groups excluding carboxylic acids is 1. The predicted molar refractivity (Wildman–Crippen MR) is 79.5 cm³/mol. The topological polar surface area (TPSA) is 44.8 Å². The Bertz CT molecular complexity index is 590. The van der Waals surface area contributed by atoms with Crippen LogP contribution in [0.4, 0.5) is 0 Å². The summed E-state index contributed by atoms with van der Waals surface area (Å²) in [6.07, 6.45) is 0.249. The molecule has 110 valence electrons. The highest BCUT2D eigenvalue weighted by Crippen LogP contribution is 2.19. The second kappa shape index (κ2) is 7.33. The van der Waals surface area contributed by atoms with Crippen molar-refractivity contribution in [1.29, 1.82) is 0 Å². The van der Waals surface area contributed by atoms with Crippen LogP contribution in [-0.2, 0) is 22.6 Å². The van der Waals surface area contributed by atoms with Crippen molar-refractivity contribution in [3.8, 4) is 11.5 Å². The first-order valence-electron chi connectivity index (χ1n) is 6.63. The summed E-state index contributed by atoms with van der Waals surface area (Å²) in [6.45, 7) is 0.402. The lowest BCUT2D eigenvalue weighted by atomic mass is 10.1. The van der Waals surface area contributed by atoms with E-state index in [4.69, 9.17) is 14.2 Å². The Hall–Kier alpha value is -2.49. The maximum Gasteiger partial charge on any atom is 0.309 e. The van der Waals surface area contributed by atoms with Gasteiger partial charge in [0.15, 0.2) is 0 Å². The smallest absolute Gasteiger partial charge is 0.309 e. The lowest BCUT2D eigenvalue weighted by Crippen LogP contribution is -2.08. The van der Waals surface area contributed by atoms with Gasteiger partial charge in [-0.1, -0.05) is 24.3 Å². The van der Waals surface area contributed by atoms with Crippen molar-refractivity contribution in [1.82, 2.24) is 0 Å². The Kier molecular flexibility index (Phi) is 5.21. The molecule has 4 heteroatoms. The van der Waals surface area contributed by atoms with E-state index in [1.165, 1.54) is 7.11 Å². The number of rotatable bonds is 6. The quantitative estimate of drug-likeness (QED) is 0.766. The van der Waals surface area contributed by atoms with Crippen molar-refractivity contribution in [3.05, 3.63) is 59.7 Å². The molecule has 0 spiro atoms. The second-order valence-electron chi connectivity index (χ2n) is 4.49. The van der Waals surface area contributed by atoms with Crippen LogP contribution in [0.1, 0.15) is 11.1 Å². The van der Waals surface area contributed by atoms with Gasteiger partial charge in [-0.15, -0.1) is 0 Å². The molecule has 0 aliphatic carbocycles. The van der Waals surface area contributed by atoms with Crippen LogP contribution in [-0.4, -0.2) is 20.2 Å². The second-order valence-corrected chi connectivity index (χ2v) is 4.49. The van der Waals surface area contributed by atoms with Crippen LogP contribution in [0.2, 0.25) is 0 Å². The van der Waals surface area contributed by atoms with E-state index >= 15 is 0 Å². The standard InChI is InChI=1S/C17H18O4/c1-19-15-7-9-16(10-8-15)21-12-14-6-4-3-5-13(14)11-17(18)20-2/h3-10H,11-12H2,1-2H3. The average Bonchev–Trinajstić information content (AvgIpc) is 2.54. The highest BCUT2D eigenvalue weighted by Gasteiger charge is 2.08. The molecule has 2 aromatic carbocycles. The summed E-state index contributed by atoms with van der Waals surface area (Å²) in [6, 6.07) is 15.1. The minimum atomic E-state index is -0.258. The Balaban J connectivity index is 2.03. The lowest BCUT2D eigenvalue weighted by Gasteiger charge is -2.11. The largest absolute Gasteiger partial charge is 0.497 e. The van der Waals surface area contributed by atoms with E-state index < -0.39 is 0 Å². The number of carbonyl (C=O) groups is 1. The maximum absolute atomic E-state index is 11.4. The van der Waals surface area contributed by atoms with Gasteiger partial charge >= 0.3 is 5.97 Å². The van der Waals surface area contributed by atoms with Crippen molar-refractivity contribution >= 4 is 5.97 Å². The third-order valence-corrected chi connectivity index (χ3v) is 3.13. The van der Waals surface area contributed by atoms with Gasteiger partial charge in [0.1, 0.15) is 18.1 Å². The molecule has 21 heavy (non-hydrogen) atoms. The molecule has 4 nitrogen and oxygen atoms in total. The monoisotopic (exact) mass is 286 g/mol. The zero-order chi connectivity index (χ0) is 15.1. The Morgan fingerprint density at radius 1 is 0.905 bits per heavy atom. The fourth-order valence-corrected chi connectivity index (χ4v) is 1.93. The molecule has 0 unspecified atom stereocenters. The molecule has 2 aromatic rings. The molecular formula is C17H18O4. The molecule has 0 aliphatic rings. The van der Waals surface area contributed by atoms with Gasteiger partial charge in [0, 0.05) is 0 Å². The summed E-state index contributed by atoms with van der Waals surface area (Å²) in [4.78, 5) is 11.4. The van der Waals surface area contributed by atoms with Gasteiger partial charge < -0.3 is 14.2 Å². The molecule has 0 saturated heterocycles. The lowest BCUT2D eigenvalue weighted by molar-refractivity contribution is -0.139. The Labute approximate surface area is 124 Å². The molecule has 0 saturated carbocycles. The van der Waals surface area contributed by atoms with Gasteiger partial charge in [-0.05, 0) is 35.4 Å². The summed E-state index contributed by atoms with van der Waals surface area (Å²) in [7, 11) is 3.01. The molecule has 0 radical (unpaired) electrons. The van der Waals surface area contributed by atoms with Crippen molar-refractivity contribution < 1.29 is 19.0 Å². The predicted octanol–water partition coefficient (Wildman–Crippen LogP) is 2.99. The fraction of sp³-hybridized carbons (Fsp3) is 0.235. The zero-order valence-corrected chi connectivity index (χ0v) is 12.2. The molecule has 0 aliphatic heterocycles. The number of hydrogen-bond donors (Lipinski definition) is 0. The summed E-state index contributed by atoms with van der Waals surface area (Å²) in [5.74, 6) is 1.28. The number of ether oxygens (including phenoxy) is 3. The Morgan fingerprint density at radius 2 is 1.52 bits per heavy atom. The van der Waals surface area contributed by atoms with E-state index in [0.717, 1.165) is 22.6 Å². The molecule has 2 rings (SSSR count). The van der Waals surface area contributed by atoms with Crippen molar-refractivity contribution in [3.63, 3.8) is 0 Å². The Morgan fingerprint density at radius 3 is 2.14 bits per heavy atom. The van der Waals surface area contributed by atoms with Gasteiger partial charge in [-0.2, -0.15) is 0 Å².